The summed E-state index contributed by atoms with van der Waals surface area (Å²) in [4.78, 5) is 56.7. The molecule has 0 atom stereocenters. The first kappa shape index (κ1) is 21.5. The second kappa shape index (κ2) is 12.0. The van der Waals surface area contributed by atoms with E-state index in [1.54, 1.807) is 20.9 Å². The van der Waals surface area contributed by atoms with Crippen molar-refractivity contribution in [3.63, 3.8) is 0 Å². The summed E-state index contributed by atoms with van der Waals surface area (Å²) in [5.41, 5.74) is 0. The lowest BCUT2D eigenvalue weighted by Crippen LogP contribution is -2.45. The van der Waals surface area contributed by atoms with E-state index in [2.05, 4.69) is 26.6 Å². The second-order valence-corrected chi connectivity index (χ2v) is 5.26. The first-order valence-electron chi connectivity index (χ1n) is 7.50. The first-order valence-corrected chi connectivity index (χ1v) is 7.50. The van der Waals surface area contributed by atoms with Crippen LogP contribution < -0.4 is 26.6 Å². The summed E-state index contributed by atoms with van der Waals surface area (Å²) < 4.78 is 0. The Morgan fingerprint density at radius 1 is 0.625 bits per heavy atom. The smallest absolute Gasteiger partial charge is 0.239 e. The summed E-state index contributed by atoms with van der Waals surface area (Å²) in [6.07, 6.45) is 0. The third-order valence-electron chi connectivity index (χ3n) is 2.78. The molecule has 10 nitrogen and oxygen atoms in total. The fourth-order valence-corrected chi connectivity index (χ4v) is 1.34. The quantitative estimate of drug-likeness (QED) is 0.269. The normalized spacial score (nSPS) is 10.0. The van der Waals surface area contributed by atoms with Gasteiger partial charge in [-0.05, 0) is 7.05 Å². The van der Waals surface area contributed by atoms with Gasteiger partial charge in [-0.1, -0.05) is 13.8 Å². The van der Waals surface area contributed by atoms with Crippen LogP contribution in [0.25, 0.3) is 0 Å². The van der Waals surface area contributed by atoms with Gasteiger partial charge in [-0.2, -0.15) is 0 Å². The van der Waals surface area contributed by atoms with Crippen molar-refractivity contribution in [3.05, 3.63) is 0 Å². The minimum absolute atomic E-state index is 0.0855. The van der Waals surface area contributed by atoms with Crippen molar-refractivity contribution in [3.8, 4) is 0 Å². The van der Waals surface area contributed by atoms with Crippen LogP contribution in [0.4, 0.5) is 0 Å². The highest BCUT2D eigenvalue weighted by Crippen LogP contribution is 1.91. The molecule has 0 aromatic rings. The van der Waals surface area contributed by atoms with Gasteiger partial charge in [-0.3, -0.25) is 24.0 Å². The summed E-state index contributed by atoms with van der Waals surface area (Å²) in [6, 6.07) is 0. The average molecular weight is 343 g/mol. The number of ketones is 1. The number of carbonyl (C=O) groups excluding carboxylic acids is 5. The maximum absolute atomic E-state index is 11.5. The van der Waals surface area contributed by atoms with Crippen LogP contribution in [-0.4, -0.2) is 69.2 Å². The van der Waals surface area contributed by atoms with Gasteiger partial charge < -0.3 is 26.6 Å². The molecule has 136 valence electrons. The Kier molecular flexibility index (Phi) is 10.8. The maximum atomic E-state index is 11.5. The van der Waals surface area contributed by atoms with Gasteiger partial charge in [0.1, 0.15) is 0 Å². The topological polar surface area (TPSA) is 146 Å². The predicted molar refractivity (Wildman–Crippen MR) is 85.8 cm³/mol. The predicted octanol–water partition coefficient (Wildman–Crippen LogP) is -3.10. The zero-order valence-electron chi connectivity index (χ0n) is 14.2. The van der Waals surface area contributed by atoms with E-state index in [9.17, 15) is 24.0 Å². The van der Waals surface area contributed by atoms with Crippen molar-refractivity contribution in [2.75, 3.05) is 39.8 Å². The molecular formula is C14H25N5O5. The SMILES string of the molecule is CNCC(=O)NCC(=O)NCC(=O)NCC(=O)NCC(=O)C(C)C. The van der Waals surface area contributed by atoms with E-state index in [0.29, 0.717) is 0 Å². The molecule has 0 fully saturated rings. The molecule has 0 rings (SSSR count). The summed E-state index contributed by atoms with van der Waals surface area (Å²) >= 11 is 0. The molecule has 0 unspecified atom stereocenters. The Morgan fingerprint density at radius 3 is 1.29 bits per heavy atom. The molecule has 5 N–H and O–H groups in total. The molecule has 0 aliphatic heterocycles. The van der Waals surface area contributed by atoms with Gasteiger partial charge in [0.2, 0.25) is 23.6 Å². The largest absolute Gasteiger partial charge is 0.347 e. The summed E-state index contributed by atoms with van der Waals surface area (Å²) in [5, 5.41) is 12.0. The zero-order valence-corrected chi connectivity index (χ0v) is 14.2. The Bertz CT molecular complexity index is 478. The van der Waals surface area contributed by atoms with Crippen LogP contribution in [0.3, 0.4) is 0 Å². The van der Waals surface area contributed by atoms with Crippen molar-refractivity contribution < 1.29 is 24.0 Å². The lowest BCUT2D eigenvalue weighted by molar-refractivity contribution is -0.129. The van der Waals surface area contributed by atoms with Crippen LogP contribution in [0, 0.1) is 5.92 Å². The lowest BCUT2D eigenvalue weighted by Gasteiger charge is -2.09. The number of nitrogens with one attached hydrogen (secondary N) is 5. The van der Waals surface area contributed by atoms with Gasteiger partial charge in [-0.15, -0.1) is 0 Å². The van der Waals surface area contributed by atoms with Crippen LogP contribution in [0.5, 0.6) is 0 Å². The summed E-state index contributed by atoms with van der Waals surface area (Å²) in [6.45, 7) is 2.58. The van der Waals surface area contributed by atoms with Crippen LogP contribution >= 0.6 is 0 Å². The summed E-state index contributed by atoms with van der Waals surface area (Å²) in [7, 11) is 1.60. The van der Waals surface area contributed by atoms with Crippen molar-refractivity contribution in [1.29, 1.82) is 0 Å². The summed E-state index contributed by atoms with van der Waals surface area (Å²) in [5.74, 6) is -2.21. The lowest BCUT2D eigenvalue weighted by atomic mass is 10.1. The highest BCUT2D eigenvalue weighted by Gasteiger charge is 2.11. The van der Waals surface area contributed by atoms with E-state index in [-0.39, 0.29) is 50.3 Å². The van der Waals surface area contributed by atoms with E-state index in [0.717, 1.165) is 0 Å². The number of amides is 4. The van der Waals surface area contributed by atoms with E-state index >= 15 is 0 Å². The monoisotopic (exact) mass is 343 g/mol. The molecule has 0 saturated carbocycles. The van der Waals surface area contributed by atoms with Gasteiger partial charge in [0.25, 0.3) is 0 Å². The molecular weight excluding hydrogens is 318 g/mol. The van der Waals surface area contributed by atoms with Gasteiger partial charge >= 0.3 is 0 Å². The van der Waals surface area contributed by atoms with Crippen molar-refractivity contribution >= 4 is 29.4 Å². The molecule has 0 aliphatic rings. The standard InChI is InChI=1S/C14H25N5O5/c1-9(2)10(20)4-16-12(22)6-18-14(24)8-19-13(23)7-17-11(21)5-15-3/h9,15H,4-8H2,1-3H3,(H,16,22)(H,17,21)(H,18,24)(H,19,23). The molecule has 10 heteroatoms. The van der Waals surface area contributed by atoms with E-state index in [1.165, 1.54) is 0 Å². The van der Waals surface area contributed by atoms with Gasteiger partial charge in [0.15, 0.2) is 5.78 Å². The second-order valence-electron chi connectivity index (χ2n) is 5.26. The molecule has 0 aromatic carbocycles. The fourth-order valence-electron chi connectivity index (χ4n) is 1.34. The molecule has 4 amide bonds. The Hall–Kier alpha value is -2.49. The number of likely N-dealkylation sites (N-methyl/N-ethyl adjacent to an activating group) is 1. The number of hydrogen-bond acceptors (Lipinski definition) is 6. The van der Waals surface area contributed by atoms with Crippen LogP contribution in [-0.2, 0) is 24.0 Å². The molecule has 0 aliphatic carbocycles. The van der Waals surface area contributed by atoms with Gasteiger partial charge in [0.05, 0.1) is 32.7 Å². The molecule has 24 heavy (non-hydrogen) atoms. The molecule has 0 heterocycles. The number of carbonyl (C=O) groups is 5. The van der Waals surface area contributed by atoms with Crippen LogP contribution in [0.2, 0.25) is 0 Å². The van der Waals surface area contributed by atoms with E-state index in [1.807, 2.05) is 0 Å². The average Bonchev–Trinajstić information content (AvgIpc) is 2.53. The van der Waals surface area contributed by atoms with Crippen molar-refractivity contribution in [2.24, 2.45) is 5.92 Å². The molecule has 0 bridgehead atoms. The minimum Gasteiger partial charge on any atom is -0.347 e. The third kappa shape index (κ3) is 11.1. The third-order valence-corrected chi connectivity index (χ3v) is 2.78. The van der Waals surface area contributed by atoms with Gasteiger partial charge in [-0.25, -0.2) is 0 Å². The molecule has 0 aromatic heterocycles. The van der Waals surface area contributed by atoms with Crippen LogP contribution in [0.1, 0.15) is 13.8 Å². The highest BCUT2D eigenvalue weighted by atomic mass is 16.2. The minimum atomic E-state index is -0.560. The Morgan fingerprint density at radius 2 is 0.958 bits per heavy atom. The first-order chi connectivity index (χ1) is 11.3. The van der Waals surface area contributed by atoms with E-state index in [4.69, 9.17) is 0 Å². The number of rotatable bonds is 11. The fraction of sp³-hybridized carbons (Fsp3) is 0.643. The maximum Gasteiger partial charge on any atom is 0.239 e. The zero-order chi connectivity index (χ0) is 18.5. The van der Waals surface area contributed by atoms with Crippen molar-refractivity contribution in [2.45, 2.75) is 13.8 Å². The molecule has 0 radical (unpaired) electrons. The molecule has 0 saturated heterocycles. The van der Waals surface area contributed by atoms with Gasteiger partial charge in [0, 0.05) is 5.92 Å². The number of Topliss-reactive ketones (excluding diaryl/α,β-unsaturated/α-hetero) is 1. The molecule has 0 spiro atoms. The Balaban J connectivity index is 3.82. The Labute approximate surface area is 140 Å². The van der Waals surface area contributed by atoms with Crippen molar-refractivity contribution in [1.82, 2.24) is 26.6 Å². The van der Waals surface area contributed by atoms with E-state index < -0.39 is 17.7 Å². The highest BCUT2D eigenvalue weighted by molar-refractivity contribution is 5.91. The number of hydrogen-bond donors (Lipinski definition) is 5. The van der Waals surface area contributed by atoms with Crippen LogP contribution in [0.15, 0.2) is 0 Å².